The van der Waals surface area contributed by atoms with Crippen molar-refractivity contribution in [3.05, 3.63) is 23.9 Å². The fourth-order valence-electron chi connectivity index (χ4n) is 1.96. The van der Waals surface area contributed by atoms with E-state index in [2.05, 4.69) is 34.7 Å². The maximum atomic E-state index is 5.72. The molecule has 6 nitrogen and oxygen atoms in total. The number of nitrogens with zero attached hydrogens (tertiary/aromatic N) is 4. The zero-order valence-electron chi connectivity index (χ0n) is 10.8. The molecule has 0 fully saturated rings. The van der Waals surface area contributed by atoms with Crippen molar-refractivity contribution in [2.75, 3.05) is 5.12 Å². The summed E-state index contributed by atoms with van der Waals surface area (Å²) in [5, 5.41) is 4.94. The van der Waals surface area contributed by atoms with Gasteiger partial charge in [0.05, 0.1) is 11.0 Å². The third kappa shape index (κ3) is 2.02. The lowest BCUT2D eigenvalue weighted by Crippen LogP contribution is -2.26. The summed E-state index contributed by atoms with van der Waals surface area (Å²) in [4.78, 5) is 4.55. The number of pyridine rings is 1. The SMILES string of the molecule is CC(C)c1cn(C)c2ccc(N(N)/N=C\N)nc12. The van der Waals surface area contributed by atoms with E-state index in [9.17, 15) is 0 Å². The van der Waals surface area contributed by atoms with Crippen LogP contribution in [0, 0.1) is 0 Å². The lowest BCUT2D eigenvalue weighted by molar-refractivity contribution is 0.854. The van der Waals surface area contributed by atoms with Crippen molar-refractivity contribution in [2.45, 2.75) is 19.8 Å². The number of hydrazone groups is 1. The van der Waals surface area contributed by atoms with Crippen molar-refractivity contribution in [1.29, 1.82) is 0 Å². The van der Waals surface area contributed by atoms with Gasteiger partial charge in [0, 0.05) is 13.2 Å². The number of anilines is 1. The molecule has 0 aromatic carbocycles. The minimum absolute atomic E-state index is 0.403. The minimum Gasteiger partial charge on any atom is -0.388 e. The van der Waals surface area contributed by atoms with Crippen LogP contribution in [0.5, 0.6) is 0 Å². The lowest BCUT2D eigenvalue weighted by atomic mass is 10.1. The number of fused-ring (bicyclic) bond motifs is 1. The maximum absolute atomic E-state index is 5.72. The van der Waals surface area contributed by atoms with Gasteiger partial charge in [0.1, 0.15) is 6.34 Å². The molecule has 0 saturated carbocycles. The first-order chi connectivity index (χ1) is 8.54. The molecule has 0 unspecified atom stereocenters. The van der Waals surface area contributed by atoms with Crippen molar-refractivity contribution in [2.24, 2.45) is 23.7 Å². The second-order valence-corrected chi connectivity index (χ2v) is 4.50. The zero-order chi connectivity index (χ0) is 13.3. The van der Waals surface area contributed by atoms with Crippen LogP contribution in [0.3, 0.4) is 0 Å². The van der Waals surface area contributed by atoms with Crippen LogP contribution < -0.4 is 16.7 Å². The number of hydrazine groups is 1. The Balaban J connectivity index is 2.59. The average molecular weight is 246 g/mol. The Morgan fingerprint density at radius 1 is 1.44 bits per heavy atom. The fraction of sp³-hybridized carbons (Fsp3) is 0.333. The number of hydrogen-bond donors (Lipinski definition) is 2. The van der Waals surface area contributed by atoms with Crippen molar-refractivity contribution < 1.29 is 0 Å². The van der Waals surface area contributed by atoms with Gasteiger partial charge in [-0.1, -0.05) is 13.8 Å². The van der Waals surface area contributed by atoms with Gasteiger partial charge >= 0.3 is 0 Å². The highest BCUT2D eigenvalue weighted by Crippen LogP contribution is 2.27. The molecule has 0 saturated heterocycles. The van der Waals surface area contributed by atoms with E-state index in [-0.39, 0.29) is 0 Å². The van der Waals surface area contributed by atoms with E-state index in [1.807, 2.05) is 19.2 Å². The van der Waals surface area contributed by atoms with Crippen molar-refractivity contribution in [3.8, 4) is 0 Å². The molecule has 0 radical (unpaired) electrons. The van der Waals surface area contributed by atoms with E-state index < -0.39 is 0 Å². The van der Waals surface area contributed by atoms with Crippen LogP contribution in [-0.2, 0) is 7.05 Å². The van der Waals surface area contributed by atoms with Gasteiger partial charge < -0.3 is 10.3 Å². The van der Waals surface area contributed by atoms with Gasteiger partial charge in [0.15, 0.2) is 5.82 Å². The Morgan fingerprint density at radius 2 is 2.17 bits per heavy atom. The van der Waals surface area contributed by atoms with Gasteiger partial charge in [-0.15, -0.1) is 5.10 Å². The topological polar surface area (TPSA) is 85.5 Å². The van der Waals surface area contributed by atoms with Crippen LogP contribution in [0.15, 0.2) is 23.4 Å². The van der Waals surface area contributed by atoms with Crippen molar-refractivity contribution in [1.82, 2.24) is 9.55 Å². The Morgan fingerprint density at radius 3 is 2.78 bits per heavy atom. The summed E-state index contributed by atoms with van der Waals surface area (Å²) >= 11 is 0. The normalized spacial score (nSPS) is 11.8. The third-order valence-electron chi connectivity index (χ3n) is 2.89. The summed E-state index contributed by atoms with van der Waals surface area (Å²) in [7, 11) is 2.01. The van der Waals surface area contributed by atoms with Crippen LogP contribution in [0.4, 0.5) is 5.82 Å². The fourth-order valence-corrected chi connectivity index (χ4v) is 1.96. The van der Waals surface area contributed by atoms with Crippen molar-refractivity contribution in [3.63, 3.8) is 0 Å². The molecule has 0 aliphatic rings. The van der Waals surface area contributed by atoms with Crippen molar-refractivity contribution >= 4 is 23.2 Å². The molecular formula is C12H18N6. The van der Waals surface area contributed by atoms with E-state index in [1.54, 1.807) is 0 Å². The lowest BCUT2D eigenvalue weighted by Gasteiger charge is -2.11. The second-order valence-electron chi connectivity index (χ2n) is 4.50. The van der Waals surface area contributed by atoms with Gasteiger partial charge in [-0.05, 0) is 23.6 Å². The Hall–Kier alpha value is -2.08. The molecule has 0 amide bonds. The number of hydrogen-bond acceptors (Lipinski definition) is 4. The summed E-state index contributed by atoms with van der Waals surface area (Å²) in [6.45, 7) is 4.28. The second kappa shape index (κ2) is 4.66. The summed E-state index contributed by atoms with van der Waals surface area (Å²) in [5.74, 6) is 6.69. The molecule has 0 bridgehead atoms. The molecule has 0 aliphatic carbocycles. The average Bonchev–Trinajstić information content (AvgIpc) is 2.67. The molecule has 4 N–H and O–H groups in total. The Kier molecular flexibility index (Phi) is 3.20. The van der Waals surface area contributed by atoms with Crippen LogP contribution >= 0.6 is 0 Å². The van der Waals surface area contributed by atoms with Crippen LogP contribution in [-0.4, -0.2) is 15.9 Å². The predicted octanol–water partition coefficient (Wildman–Crippen LogP) is 1.28. The molecule has 2 aromatic heterocycles. The van der Waals surface area contributed by atoms with E-state index in [0.717, 1.165) is 22.5 Å². The first kappa shape index (κ1) is 12.4. The summed E-state index contributed by atoms with van der Waals surface area (Å²) < 4.78 is 2.06. The summed E-state index contributed by atoms with van der Waals surface area (Å²) in [5.41, 5.74) is 8.44. The highest BCUT2D eigenvalue weighted by Gasteiger charge is 2.13. The molecule has 6 heteroatoms. The highest BCUT2D eigenvalue weighted by molar-refractivity contribution is 5.82. The van der Waals surface area contributed by atoms with Crippen LogP contribution in [0.25, 0.3) is 11.0 Å². The maximum Gasteiger partial charge on any atom is 0.166 e. The van der Waals surface area contributed by atoms with E-state index in [4.69, 9.17) is 11.6 Å². The first-order valence-electron chi connectivity index (χ1n) is 5.79. The smallest absolute Gasteiger partial charge is 0.166 e. The summed E-state index contributed by atoms with van der Waals surface area (Å²) in [6, 6.07) is 3.80. The highest BCUT2D eigenvalue weighted by atomic mass is 15.6. The molecule has 2 rings (SSSR count). The standard InChI is InChI=1S/C12H18N6/c1-8(2)9-6-17(3)10-4-5-11(16-12(9)10)18(14)15-7-13/h4-8H,14H2,1-3H3,(H2,13,15). The monoisotopic (exact) mass is 246 g/mol. The molecular weight excluding hydrogens is 228 g/mol. The van der Waals surface area contributed by atoms with E-state index in [0.29, 0.717) is 11.7 Å². The molecule has 2 aromatic rings. The van der Waals surface area contributed by atoms with Gasteiger partial charge in [0.2, 0.25) is 0 Å². The number of aryl methyl sites for hydroxylation is 1. The first-order valence-corrected chi connectivity index (χ1v) is 5.79. The van der Waals surface area contributed by atoms with Crippen LogP contribution in [0.1, 0.15) is 25.3 Å². The molecule has 96 valence electrons. The molecule has 0 aliphatic heterocycles. The zero-order valence-corrected chi connectivity index (χ0v) is 10.8. The number of rotatable bonds is 3. The Labute approximate surface area is 106 Å². The molecule has 18 heavy (non-hydrogen) atoms. The number of aromatic nitrogens is 2. The quantitative estimate of drug-likeness (QED) is 0.370. The molecule has 0 atom stereocenters. The van der Waals surface area contributed by atoms with Crippen LogP contribution in [0.2, 0.25) is 0 Å². The number of nitrogens with two attached hydrogens (primary N) is 2. The third-order valence-corrected chi connectivity index (χ3v) is 2.89. The van der Waals surface area contributed by atoms with E-state index in [1.165, 1.54) is 5.56 Å². The largest absolute Gasteiger partial charge is 0.388 e. The Bertz CT molecular complexity index is 584. The van der Waals surface area contributed by atoms with Gasteiger partial charge in [-0.2, -0.15) is 5.12 Å². The predicted molar refractivity (Wildman–Crippen MR) is 74.1 cm³/mol. The van der Waals surface area contributed by atoms with Gasteiger partial charge in [0.25, 0.3) is 0 Å². The van der Waals surface area contributed by atoms with Gasteiger partial charge in [-0.3, -0.25) is 0 Å². The molecule has 0 spiro atoms. The molecule has 2 heterocycles. The minimum atomic E-state index is 0.403. The van der Waals surface area contributed by atoms with E-state index >= 15 is 0 Å². The summed E-state index contributed by atoms with van der Waals surface area (Å²) in [6.07, 6.45) is 3.24. The van der Waals surface area contributed by atoms with Gasteiger partial charge in [-0.25, -0.2) is 10.8 Å².